The Morgan fingerprint density at radius 1 is 1.15 bits per heavy atom. The number of fused-ring (bicyclic) bond motifs is 1. The molecule has 0 atom stereocenters. The van der Waals surface area contributed by atoms with Crippen LogP contribution in [0.5, 0.6) is 5.75 Å². The summed E-state index contributed by atoms with van der Waals surface area (Å²) in [7, 11) is -0.690. The van der Waals surface area contributed by atoms with Crippen LogP contribution in [-0.2, 0) is 19.3 Å². The van der Waals surface area contributed by atoms with Gasteiger partial charge < -0.3 is 14.2 Å². The molecule has 0 N–H and O–H groups in total. The van der Waals surface area contributed by atoms with Gasteiger partial charge in [0.2, 0.25) is 0 Å². The second-order valence-corrected chi connectivity index (χ2v) is 7.10. The van der Waals surface area contributed by atoms with E-state index in [1.807, 2.05) is 13.8 Å². The molecule has 7 nitrogen and oxygen atoms in total. The Morgan fingerprint density at radius 3 is 2.42 bits per heavy atom. The first-order valence-corrected chi connectivity index (χ1v) is 10.1. The van der Waals surface area contributed by atoms with Crippen LogP contribution < -0.4 is 4.74 Å². The van der Waals surface area contributed by atoms with Crippen LogP contribution in [0, 0.1) is 0 Å². The molecule has 2 aromatic rings. The molecule has 0 unspecified atom stereocenters. The van der Waals surface area contributed by atoms with Crippen molar-refractivity contribution >= 4 is 26.7 Å². The van der Waals surface area contributed by atoms with Crippen molar-refractivity contribution in [3.8, 4) is 5.75 Å². The number of esters is 1. The van der Waals surface area contributed by atoms with Gasteiger partial charge in [0.15, 0.2) is 15.5 Å². The molecule has 26 heavy (non-hydrogen) atoms. The number of nitrogens with zero attached hydrogens (tertiary/aromatic N) is 1. The largest absolute Gasteiger partial charge is 0.493 e. The van der Waals surface area contributed by atoms with Crippen LogP contribution in [0.15, 0.2) is 29.2 Å². The van der Waals surface area contributed by atoms with Gasteiger partial charge in [-0.25, -0.2) is 18.2 Å². The molecule has 1 heterocycles. The van der Waals surface area contributed by atoms with Gasteiger partial charge in [-0.2, -0.15) is 0 Å². The number of rotatable bonds is 7. The van der Waals surface area contributed by atoms with Crippen LogP contribution in [0.25, 0.3) is 10.9 Å². The van der Waals surface area contributed by atoms with E-state index < -0.39 is 15.8 Å². The molecular weight excluding hydrogens is 358 g/mol. The minimum atomic E-state index is -3.51. The van der Waals surface area contributed by atoms with Crippen LogP contribution in [-0.4, -0.2) is 53.1 Å². The third-order valence-electron chi connectivity index (χ3n) is 3.31. The molecule has 0 amide bonds. The molecule has 0 radical (unpaired) electrons. The van der Waals surface area contributed by atoms with Crippen LogP contribution in [0.4, 0.5) is 0 Å². The van der Waals surface area contributed by atoms with E-state index in [0.717, 1.165) is 6.26 Å². The molecule has 0 saturated heterocycles. The van der Waals surface area contributed by atoms with Gasteiger partial charge in [-0.15, -0.1) is 0 Å². The molecule has 0 saturated carbocycles. The summed E-state index contributed by atoms with van der Waals surface area (Å²) in [5, 5.41) is 0.517. The number of aromatic nitrogens is 1. The summed E-state index contributed by atoms with van der Waals surface area (Å²) in [6.45, 7) is 4.89. The van der Waals surface area contributed by atoms with Crippen molar-refractivity contribution in [1.29, 1.82) is 0 Å². The Kier molecular flexibility index (Phi) is 8.47. The van der Waals surface area contributed by atoms with Gasteiger partial charge in [-0.05, 0) is 12.1 Å². The first kappa shape index (κ1) is 21.9. The molecule has 0 aliphatic rings. The van der Waals surface area contributed by atoms with Gasteiger partial charge in [-0.1, -0.05) is 19.9 Å². The van der Waals surface area contributed by atoms with Crippen LogP contribution in [0.2, 0.25) is 0 Å². The monoisotopic (exact) mass is 383 g/mol. The second kappa shape index (κ2) is 10.1. The zero-order valence-corrected chi connectivity index (χ0v) is 16.6. The van der Waals surface area contributed by atoms with Gasteiger partial charge in [0.1, 0.15) is 5.75 Å². The molecule has 1 aromatic heterocycles. The topological polar surface area (TPSA) is 91.8 Å². The molecule has 0 spiro atoms. The number of ether oxygens (including phenoxy) is 3. The van der Waals surface area contributed by atoms with E-state index in [1.54, 1.807) is 19.2 Å². The molecule has 0 aliphatic carbocycles. The molecule has 0 aliphatic heterocycles. The number of para-hydroxylation sites is 1. The number of carbonyl (C=O) groups excluding carboxylic acids is 1. The molecule has 0 bridgehead atoms. The lowest BCUT2D eigenvalue weighted by Crippen LogP contribution is -2.09. The van der Waals surface area contributed by atoms with Gasteiger partial charge in [-0.3, -0.25) is 0 Å². The Labute approximate surface area is 154 Å². The average molecular weight is 383 g/mol. The molecule has 8 heteroatoms. The molecule has 0 fully saturated rings. The van der Waals surface area contributed by atoms with Crippen molar-refractivity contribution in [1.82, 2.24) is 4.98 Å². The maximum Gasteiger partial charge on any atom is 0.356 e. The minimum absolute atomic E-state index is 0.0113. The van der Waals surface area contributed by atoms with E-state index in [0.29, 0.717) is 30.8 Å². The highest BCUT2D eigenvalue weighted by atomic mass is 32.2. The van der Waals surface area contributed by atoms with E-state index in [2.05, 4.69) is 9.72 Å². The molecule has 2 rings (SSSR count). The fourth-order valence-electron chi connectivity index (χ4n) is 2.20. The third-order valence-corrected chi connectivity index (χ3v) is 4.44. The van der Waals surface area contributed by atoms with Crippen LogP contribution in [0.1, 0.15) is 30.8 Å². The first-order valence-electron chi connectivity index (χ1n) is 8.22. The highest BCUT2D eigenvalue weighted by molar-refractivity contribution is 7.91. The first-order chi connectivity index (χ1) is 12.4. The van der Waals surface area contributed by atoms with E-state index >= 15 is 0 Å². The molecule has 1 aromatic carbocycles. The lowest BCUT2D eigenvalue weighted by molar-refractivity contribution is 0.0594. The van der Waals surface area contributed by atoms with Gasteiger partial charge in [0, 0.05) is 37.8 Å². The molecular formula is C18H25NO6S. The second-order valence-electron chi connectivity index (χ2n) is 5.12. The third kappa shape index (κ3) is 5.40. The van der Waals surface area contributed by atoms with E-state index in [4.69, 9.17) is 9.47 Å². The summed E-state index contributed by atoms with van der Waals surface area (Å²) in [4.78, 5) is 16.0. The number of pyridine rings is 1. The Bertz CT molecular complexity index is 848. The zero-order chi connectivity index (χ0) is 19.7. The number of benzene rings is 1. The summed E-state index contributed by atoms with van der Waals surface area (Å²) >= 11 is 0. The zero-order valence-electron chi connectivity index (χ0n) is 15.7. The summed E-state index contributed by atoms with van der Waals surface area (Å²) < 4.78 is 39.3. The number of sulfone groups is 1. The Morgan fingerprint density at radius 2 is 1.85 bits per heavy atom. The van der Waals surface area contributed by atoms with Crippen molar-refractivity contribution in [2.75, 3.05) is 33.7 Å². The predicted octanol–water partition coefficient (Wildman–Crippen LogP) is 2.87. The standard InChI is InChI=1S/C16H19NO6S.C2H6/c1-21-8-5-9-23-13-10-12(16(18)22-2)17-15-11(13)6-4-7-14(15)24(3,19)20;1-2/h4,6-7,10H,5,8-9H2,1-3H3;1-2H3. The lowest BCUT2D eigenvalue weighted by Gasteiger charge is -2.12. The highest BCUT2D eigenvalue weighted by Crippen LogP contribution is 2.30. The van der Waals surface area contributed by atoms with Crippen molar-refractivity contribution in [3.63, 3.8) is 0 Å². The Hall–Kier alpha value is -2.19. The fraction of sp³-hybridized carbons (Fsp3) is 0.444. The normalized spacial score (nSPS) is 10.8. The number of hydrogen-bond acceptors (Lipinski definition) is 7. The minimum Gasteiger partial charge on any atom is -0.493 e. The van der Waals surface area contributed by atoms with Crippen molar-refractivity contribution in [2.45, 2.75) is 25.2 Å². The summed E-state index contributed by atoms with van der Waals surface area (Å²) in [6, 6.07) is 6.21. The van der Waals surface area contributed by atoms with Crippen LogP contribution >= 0.6 is 0 Å². The summed E-state index contributed by atoms with van der Waals surface area (Å²) in [5.41, 5.74) is 0.174. The van der Waals surface area contributed by atoms with Crippen molar-refractivity contribution in [2.24, 2.45) is 0 Å². The van der Waals surface area contributed by atoms with E-state index in [-0.39, 0.29) is 16.1 Å². The average Bonchev–Trinajstić information content (AvgIpc) is 2.64. The van der Waals surface area contributed by atoms with Crippen LogP contribution in [0.3, 0.4) is 0 Å². The Balaban J connectivity index is 0.00000163. The van der Waals surface area contributed by atoms with Gasteiger partial charge in [0.25, 0.3) is 0 Å². The van der Waals surface area contributed by atoms with Crippen molar-refractivity contribution < 1.29 is 27.4 Å². The summed E-state index contributed by atoms with van der Waals surface area (Å²) in [6.07, 6.45) is 1.74. The molecule has 144 valence electrons. The quantitative estimate of drug-likeness (QED) is 0.536. The smallest absolute Gasteiger partial charge is 0.356 e. The lowest BCUT2D eigenvalue weighted by atomic mass is 10.2. The predicted molar refractivity (Wildman–Crippen MR) is 99.5 cm³/mol. The number of carbonyl (C=O) groups is 1. The number of hydrogen-bond donors (Lipinski definition) is 0. The maximum absolute atomic E-state index is 12.0. The SMILES string of the molecule is CC.COCCCOc1cc(C(=O)OC)nc2c(S(C)(=O)=O)cccc12. The van der Waals surface area contributed by atoms with Gasteiger partial charge >= 0.3 is 5.97 Å². The number of methoxy groups -OCH3 is 2. The van der Waals surface area contributed by atoms with E-state index in [1.165, 1.54) is 19.2 Å². The fourth-order valence-corrected chi connectivity index (χ4v) is 3.04. The van der Waals surface area contributed by atoms with Crippen molar-refractivity contribution in [3.05, 3.63) is 30.0 Å². The maximum atomic E-state index is 12.0. The van der Waals surface area contributed by atoms with Gasteiger partial charge in [0.05, 0.1) is 24.1 Å². The van der Waals surface area contributed by atoms with E-state index in [9.17, 15) is 13.2 Å². The summed E-state index contributed by atoms with van der Waals surface area (Å²) in [5.74, 6) is -0.288. The highest BCUT2D eigenvalue weighted by Gasteiger charge is 2.19.